The fourth-order valence-electron chi connectivity index (χ4n) is 3.21. The van der Waals surface area contributed by atoms with Gasteiger partial charge in [0.1, 0.15) is 5.75 Å². The van der Waals surface area contributed by atoms with Crippen molar-refractivity contribution >= 4 is 26.9 Å². The van der Waals surface area contributed by atoms with E-state index in [-0.39, 0.29) is 22.8 Å². The minimum absolute atomic E-state index is 0.0393. The number of Topliss-reactive ketones (excluding diaryl/α,β-unsaturated/α-hetero) is 1. The third-order valence-electron chi connectivity index (χ3n) is 4.77. The molecule has 3 rings (SSSR count). The average Bonchev–Trinajstić information content (AvgIpc) is 3.04. The Hall–Kier alpha value is -2.91. The van der Waals surface area contributed by atoms with Crippen molar-refractivity contribution in [1.29, 1.82) is 0 Å². The molecule has 0 fully saturated rings. The maximum absolute atomic E-state index is 12.7. The van der Waals surface area contributed by atoms with Gasteiger partial charge in [0.05, 0.1) is 23.6 Å². The van der Waals surface area contributed by atoms with Gasteiger partial charge in [0.25, 0.3) is 0 Å². The Morgan fingerprint density at radius 3 is 2.33 bits per heavy atom. The molecule has 3 aromatic rings. The van der Waals surface area contributed by atoms with Crippen molar-refractivity contribution in [3.8, 4) is 5.75 Å². The number of hydrogen-bond acceptors (Lipinski definition) is 6. The predicted molar refractivity (Wildman–Crippen MR) is 113 cm³/mol. The summed E-state index contributed by atoms with van der Waals surface area (Å²) < 4.78 is 38.5. The quantitative estimate of drug-likeness (QED) is 0.482. The van der Waals surface area contributed by atoms with Gasteiger partial charge in [0.15, 0.2) is 11.4 Å². The van der Waals surface area contributed by atoms with E-state index >= 15 is 0 Å². The fraction of sp³-hybridized carbons (Fsp3) is 0.333. The maximum Gasteiger partial charge on any atom is 0.420 e. The first-order valence-electron chi connectivity index (χ1n) is 9.71. The van der Waals surface area contributed by atoms with Crippen molar-refractivity contribution < 1.29 is 22.4 Å². The van der Waals surface area contributed by atoms with Crippen molar-refractivity contribution in [2.45, 2.75) is 32.2 Å². The first kappa shape index (κ1) is 21.8. The van der Waals surface area contributed by atoms with Crippen LogP contribution in [0.4, 0.5) is 0 Å². The molecule has 0 saturated heterocycles. The van der Waals surface area contributed by atoms with Gasteiger partial charge in [-0.2, -0.15) is 4.31 Å². The number of rotatable bonds is 9. The van der Waals surface area contributed by atoms with Gasteiger partial charge < -0.3 is 9.15 Å². The van der Waals surface area contributed by atoms with Gasteiger partial charge in [-0.25, -0.2) is 13.2 Å². The molecular formula is C21H24N2O6S. The summed E-state index contributed by atoms with van der Waals surface area (Å²) in [7, 11) is -3.69. The Labute approximate surface area is 174 Å². The van der Waals surface area contributed by atoms with E-state index in [0.29, 0.717) is 36.5 Å². The summed E-state index contributed by atoms with van der Waals surface area (Å²) in [6.07, 6.45) is 0. The van der Waals surface area contributed by atoms with Crippen LogP contribution in [0.2, 0.25) is 0 Å². The Kier molecular flexibility index (Phi) is 6.42. The second-order valence-electron chi connectivity index (χ2n) is 6.55. The van der Waals surface area contributed by atoms with E-state index in [1.54, 1.807) is 38.1 Å². The van der Waals surface area contributed by atoms with Crippen LogP contribution < -0.4 is 10.5 Å². The summed E-state index contributed by atoms with van der Waals surface area (Å²) in [5.41, 5.74) is 0.908. The summed E-state index contributed by atoms with van der Waals surface area (Å²) in [5.74, 6) is -0.341. The average molecular weight is 432 g/mol. The molecule has 0 unspecified atom stereocenters. The number of carbonyl (C=O) groups is 1. The lowest BCUT2D eigenvalue weighted by Crippen LogP contribution is -2.30. The van der Waals surface area contributed by atoms with Crippen LogP contribution in [-0.2, 0) is 16.6 Å². The van der Waals surface area contributed by atoms with Gasteiger partial charge in [-0.05, 0) is 43.3 Å². The van der Waals surface area contributed by atoms with Gasteiger partial charge in [-0.3, -0.25) is 9.36 Å². The first-order chi connectivity index (χ1) is 14.3. The number of ether oxygens (including phenoxy) is 1. The van der Waals surface area contributed by atoms with Crippen LogP contribution in [0.1, 0.15) is 31.1 Å². The van der Waals surface area contributed by atoms with E-state index in [2.05, 4.69) is 0 Å². The molecule has 0 bridgehead atoms. The minimum Gasteiger partial charge on any atom is -0.494 e. The number of oxazole rings is 1. The van der Waals surface area contributed by atoms with Gasteiger partial charge in [-0.15, -0.1) is 0 Å². The van der Waals surface area contributed by atoms with Crippen LogP contribution in [0.15, 0.2) is 56.6 Å². The number of benzene rings is 2. The standard InChI is InChI=1S/C21H24N2O6S/c1-4-22(5-2)30(26,27)17-11-12-18-20(13-17)29-21(25)23(18)14-19(24)15-7-9-16(10-8-15)28-6-3/h7-13H,4-6,14H2,1-3H3. The zero-order chi connectivity index (χ0) is 21.9. The van der Waals surface area contributed by atoms with Gasteiger partial charge in [0, 0.05) is 24.7 Å². The van der Waals surface area contributed by atoms with Gasteiger partial charge in [-0.1, -0.05) is 13.8 Å². The Morgan fingerprint density at radius 2 is 1.73 bits per heavy atom. The number of fused-ring (bicyclic) bond motifs is 1. The molecule has 2 aromatic carbocycles. The van der Waals surface area contributed by atoms with Crippen molar-refractivity contribution in [3.05, 3.63) is 58.6 Å². The molecule has 0 radical (unpaired) electrons. The lowest BCUT2D eigenvalue weighted by molar-refractivity contribution is 0.0970. The van der Waals surface area contributed by atoms with Gasteiger partial charge in [0.2, 0.25) is 10.0 Å². The van der Waals surface area contributed by atoms with Crippen molar-refractivity contribution in [3.63, 3.8) is 0 Å². The highest BCUT2D eigenvalue weighted by Crippen LogP contribution is 2.22. The number of sulfonamides is 1. The molecule has 0 aliphatic carbocycles. The smallest absolute Gasteiger partial charge is 0.420 e. The zero-order valence-electron chi connectivity index (χ0n) is 17.1. The highest BCUT2D eigenvalue weighted by molar-refractivity contribution is 7.89. The summed E-state index contributed by atoms with van der Waals surface area (Å²) >= 11 is 0. The third-order valence-corrected chi connectivity index (χ3v) is 6.82. The molecule has 8 nitrogen and oxygen atoms in total. The lowest BCUT2D eigenvalue weighted by Gasteiger charge is -2.18. The molecule has 160 valence electrons. The van der Waals surface area contributed by atoms with Gasteiger partial charge >= 0.3 is 5.76 Å². The van der Waals surface area contributed by atoms with E-state index in [0.717, 1.165) is 0 Å². The second-order valence-corrected chi connectivity index (χ2v) is 8.49. The molecule has 0 amide bonds. The number of ketones is 1. The van der Waals surface area contributed by atoms with E-state index in [1.165, 1.54) is 27.1 Å². The number of carbonyl (C=O) groups excluding carboxylic acids is 1. The van der Waals surface area contributed by atoms with Crippen LogP contribution in [0, 0.1) is 0 Å². The molecule has 1 aromatic heterocycles. The van der Waals surface area contributed by atoms with Crippen LogP contribution in [0.5, 0.6) is 5.75 Å². The molecule has 0 aliphatic heterocycles. The van der Waals surface area contributed by atoms with E-state index < -0.39 is 15.8 Å². The lowest BCUT2D eigenvalue weighted by atomic mass is 10.1. The molecule has 0 saturated carbocycles. The summed E-state index contributed by atoms with van der Waals surface area (Å²) in [6, 6.07) is 10.9. The molecular weight excluding hydrogens is 408 g/mol. The molecule has 1 heterocycles. The Morgan fingerprint density at radius 1 is 1.07 bits per heavy atom. The molecule has 30 heavy (non-hydrogen) atoms. The monoisotopic (exact) mass is 432 g/mol. The van der Waals surface area contributed by atoms with Crippen LogP contribution in [0.3, 0.4) is 0 Å². The first-order valence-corrected chi connectivity index (χ1v) is 11.1. The van der Waals surface area contributed by atoms with E-state index in [4.69, 9.17) is 9.15 Å². The molecule has 0 N–H and O–H groups in total. The summed E-state index contributed by atoms with van der Waals surface area (Å²) in [6.45, 7) is 6.34. The molecule has 0 spiro atoms. The fourth-order valence-corrected chi connectivity index (χ4v) is 4.68. The van der Waals surface area contributed by atoms with E-state index in [9.17, 15) is 18.0 Å². The summed E-state index contributed by atoms with van der Waals surface area (Å²) in [4.78, 5) is 25.0. The SMILES string of the molecule is CCOc1ccc(C(=O)Cn2c(=O)oc3cc(S(=O)(=O)N(CC)CC)ccc32)cc1. The molecule has 0 atom stereocenters. The predicted octanol–water partition coefficient (Wildman–Crippen LogP) is 2.91. The second kappa shape index (κ2) is 8.85. The highest BCUT2D eigenvalue weighted by Gasteiger charge is 2.23. The minimum atomic E-state index is -3.69. The molecule has 9 heteroatoms. The number of aromatic nitrogens is 1. The Bertz CT molecular complexity index is 1200. The highest BCUT2D eigenvalue weighted by atomic mass is 32.2. The van der Waals surface area contributed by atoms with Crippen LogP contribution in [0.25, 0.3) is 11.1 Å². The zero-order valence-corrected chi connectivity index (χ0v) is 17.9. The topological polar surface area (TPSA) is 98.8 Å². The van der Waals surface area contributed by atoms with Crippen molar-refractivity contribution in [1.82, 2.24) is 8.87 Å². The maximum atomic E-state index is 12.7. The normalized spacial score (nSPS) is 11.9. The number of hydrogen-bond donors (Lipinski definition) is 0. The molecule has 0 aliphatic rings. The van der Waals surface area contributed by atoms with Crippen molar-refractivity contribution in [2.75, 3.05) is 19.7 Å². The number of nitrogens with zero attached hydrogens (tertiary/aromatic N) is 2. The largest absolute Gasteiger partial charge is 0.494 e. The van der Waals surface area contributed by atoms with Crippen LogP contribution in [-0.4, -0.2) is 42.8 Å². The van der Waals surface area contributed by atoms with E-state index in [1.807, 2.05) is 6.92 Å². The van der Waals surface area contributed by atoms with Crippen molar-refractivity contribution in [2.24, 2.45) is 0 Å². The van der Waals surface area contributed by atoms with Crippen LogP contribution >= 0.6 is 0 Å². The third kappa shape index (κ3) is 4.17. The Balaban J connectivity index is 1.91. The summed E-state index contributed by atoms with van der Waals surface area (Å²) in [5, 5.41) is 0.